The summed E-state index contributed by atoms with van der Waals surface area (Å²) in [6.07, 6.45) is 0. The van der Waals surface area contributed by atoms with Gasteiger partial charge in [-0.3, -0.25) is 0 Å². The van der Waals surface area contributed by atoms with Gasteiger partial charge in [-0.2, -0.15) is 0 Å². The average molecular weight is 1480 g/mol. The van der Waals surface area contributed by atoms with Crippen LogP contribution in [0.5, 0.6) is 0 Å². The minimum atomic E-state index is -0.453. The van der Waals surface area contributed by atoms with Crippen molar-refractivity contribution in [3.8, 4) is 101 Å². The Morgan fingerprint density at radius 2 is 0.608 bits per heavy atom. The molecule has 97 heavy (non-hydrogen) atoms. The van der Waals surface area contributed by atoms with Crippen LogP contribution in [0.2, 0.25) is 0 Å². The van der Waals surface area contributed by atoms with Crippen molar-refractivity contribution in [3.63, 3.8) is 0 Å². The number of rotatable bonds is 10. The van der Waals surface area contributed by atoms with Crippen LogP contribution in [0.15, 0.2) is 317 Å². The Hall–Kier alpha value is -10.7. The van der Waals surface area contributed by atoms with Gasteiger partial charge in [-0.1, -0.05) is 267 Å². The van der Waals surface area contributed by atoms with Gasteiger partial charge in [0.2, 0.25) is 0 Å². The van der Waals surface area contributed by atoms with Gasteiger partial charge in [0.05, 0.1) is 11.2 Å². The zero-order valence-corrected chi connectivity index (χ0v) is 58.0. The molecular formula is C87H62BN3O5U. The number of furan rings is 3. The second kappa shape index (κ2) is 25.1. The second-order valence-electron chi connectivity index (χ2n) is 25.6. The molecule has 10 heteroatoms. The van der Waals surface area contributed by atoms with Gasteiger partial charge in [-0.05, 0) is 125 Å². The molecule has 0 bridgehead atoms. The molecule has 17 aromatic rings. The maximum atomic E-state index is 6.70. The molecule has 4 aromatic heterocycles. The Morgan fingerprint density at radius 3 is 1.12 bits per heavy atom. The maximum absolute atomic E-state index is 6.70. The van der Waals surface area contributed by atoms with Crippen molar-refractivity contribution < 1.29 is 53.7 Å². The van der Waals surface area contributed by atoms with Crippen molar-refractivity contribution in [3.05, 3.63) is 303 Å². The third-order valence-electron chi connectivity index (χ3n) is 19.2. The fourth-order valence-corrected chi connectivity index (χ4v) is 13.4. The SMILES string of the molecule is CC1(C)OB(c2cccc3oc4c(-c5ccc(-c6ccc(-c7ccccc7)cc6)cc5)cccc4c23)OC1(C)C.[U].c1ccc(-c2ccc(-c3ccc(-c4cccc5c4oc4cccc(-c6nc(-c7ccccc7)nc(-c7ccc8oc9ccccc9c8c7)n6)c45)cc3)cc2)cc1. The summed E-state index contributed by atoms with van der Waals surface area (Å²) in [6, 6.07) is 105. The molecule has 13 aromatic carbocycles. The fraction of sp³-hybridized carbons (Fsp3) is 0.0690. The quantitative estimate of drug-likeness (QED) is 0.125. The van der Waals surface area contributed by atoms with Crippen molar-refractivity contribution in [2.75, 3.05) is 0 Å². The summed E-state index contributed by atoms with van der Waals surface area (Å²) in [4.78, 5) is 15.3. The van der Waals surface area contributed by atoms with E-state index in [1.54, 1.807) is 0 Å². The van der Waals surface area contributed by atoms with Crippen LogP contribution in [0.1, 0.15) is 27.7 Å². The van der Waals surface area contributed by atoms with Crippen LogP contribution in [0, 0.1) is 31.1 Å². The average Bonchev–Trinajstić information content (AvgIpc) is 1.61. The molecule has 0 aliphatic carbocycles. The number of hydrogen-bond acceptors (Lipinski definition) is 8. The number of aromatic nitrogens is 3. The molecule has 0 saturated carbocycles. The summed E-state index contributed by atoms with van der Waals surface area (Å²) in [6.45, 7) is 8.33. The van der Waals surface area contributed by atoms with Crippen LogP contribution in [0.25, 0.3) is 167 Å². The molecule has 462 valence electrons. The summed E-state index contributed by atoms with van der Waals surface area (Å²) < 4.78 is 32.2. The van der Waals surface area contributed by atoms with Crippen LogP contribution in [-0.2, 0) is 9.31 Å². The molecule has 18 rings (SSSR count). The van der Waals surface area contributed by atoms with Crippen molar-refractivity contribution in [1.29, 1.82) is 0 Å². The Balaban J connectivity index is 0.000000159. The first-order chi connectivity index (χ1) is 47.0. The third kappa shape index (κ3) is 11.4. The monoisotopic (exact) mass is 1480 g/mol. The van der Waals surface area contributed by atoms with E-state index in [9.17, 15) is 0 Å². The number of fused-ring (bicyclic) bond motifs is 9. The number of hydrogen-bond donors (Lipinski definition) is 0. The first-order valence-corrected chi connectivity index (χ1v) is 32.5. The van der Waals surface area contributed by atoms with Crippen molar-refractivity contribution in [2.45, 2.75) is 38.9 Å². The van der Waals surface area contributed by atoms with Crippen LogP contribution >= 0.6 is 0 Å². The van der Waals surface area contributed by atoms with Crippen LogP contribution in [-0.4, -0.2) is 33.3 Å². The Kier molecular flexibility index (Phi) is 15.9. The standard InChI is InChI=1S/C51H31N3O2.C36H31BO3.U/c1-3-11-32(12-4-1)33-21-23-34(24-22-33)35-25-27-36(28-26-35)39-16-9-17-41-47-42(18-10-20-46(47)56-48(39)41)51-53-49(37-13-5-2-6-14-37)52-50(54-51)38-29-30-45-43(31-38)40-15-7-8-19-44(40)55-45;1-35(2)36(3,4)40-37(39-35)31-14-9-15-32-33(31)30-13-8-12-29(34(30)38-32)28-22-20-27(21-23-28)26-18-16-25(17-19-26)24-10-6-5-7-11-24;/h1-31H;5-23H,1-4H3;. The number of para-hydroxylation sites is 3. The summed E-state index contributed by atoms with van der Waals surface area (Å²) in [5, 5.41) is 6.16. The molecule has 0 N–H and O–H groups in total. The van der Waals surface area contributed by atoms with Gasteiger partial charge in [0.15, 0.2) is 17.5 Å². The van der Waals surface area contributed by atoms with Crippen molar-refractivity contribution in [2.24, 2.45) is 0 Å². The van der Waals surface area contributed by atoms with Crippen molar-refractivity contribution in [1.82, 2.24) is 15.0 Å². The largest absolute Gasteiger partial charge is 0.495 e. The molecule has 1 fully saturated rings. The molecule has 1 saturated heterocycles. The number of benzene rings is 13. The zero-order valence-electron chi connectivity index (χ0n) is 53.8. The van der Waals surface area contributed by atoms with E-state index in [0.717, 1.165) is 116 Å². The summed E-state index contributed by atoms with van der Waals surface area (Å²) in [5.74, 6) is 1.76. The summed E-state index contributed by atoms with van der Waals surface area (Å²) in [7, 11) is -0.453. The second-order valence-corrected chi connectivity index (χ2v) is 25.6. The molecular weight excluding hydrogens is 1420 g/mol. The van der Waals surface area contributed by atoms with E-state index in [2.05, 4.69) is 234 Å². The minimum absolute atomic E-state index is 0. The predicted molar refractivity (Wildman–Crippen MR) is 393 cm³/mol. The van der Waals surface area contributed by atoms with Crippen LogP contribution in [0.4, 0.5) is 0 Å². The van der Waals surface area contributed by atoms with E-state index in [1.165, 1.54) is 38.9 Å². The van der Waals surface area contributed by atoms with Crippen molar-refractivity contribution >= 4 is 78.4 Å². The third-order valence-corrected chi connectivity index (χ3v) is 19.2. The van der Waals surface area contributed by atoms with E-state index in [0.29, 0.717) is 17.5 Å². The predicted octanol–water partition coefficient (Wildman–Crippen LogP) is 22.6. The van der Waals surface area contributed by atoms with Crippen LogP contribution in [0.3, 0.4) is 0 Å². The Labute approximate surface area is 585 Å². The van der Waals surface area contributed by atoms with Crippen LogP contribution < -0.4 is 5.46 Å². The molecule has 0 unspecified atom stereocenters. The van der Waals surface area contributed by atoms with E-state index in [4.69, 9.17) is 37.5 Å². The minimum Gasteiger partial charge on any atom is -0.456 e. The molecule has 5 heterocycles. The fourth-order valence-electron chi connectivity index (χ4n) is 13.4. The molecule has 0 atom stereocenters. The molecule has 0 radical (unpaired) electrons. The topological polar surface area (TPSA) is 96.6 Å². The molecule has 1 aliphatic heterocycles. The zero-order chi connectivity index (χ0) is 64.5. The van der Waals surface area contributed by atoms with Gasteiger partial charge in [-0.25, -0.2) is 15.0 Å². The van der Waals surface area contributed by atoms with Gasteiger partial charge < -0.3 is 22.6 Å². The Bertz CT molecular complexity index is 5740. The van der Waals surface area contributed by atoms with Gasteiger partial charge in [0.25, 0.3) is 0 Å². The first kappa shape index (κ1) is 61.2. The summed E-state index contributed by atoms with van der Waals surface area (Å²) in [5.41, 5.74) is 21.7. The van der Waals surface area contributed by atoms with Gasteiger partial charge >= 0.3 is 7.12 Å². The van der Waals surface area contributed by atoms with Gasteiger partial charge in [0.1, 0.15) is 33.5 Å². The molecule has 0 amide bonds. The van der Waals surface area contributed by atoms with E-state index >= 15 is 0 Å². The normalized spacial score (nSPS) is 13.3. The van der Waals surface area contributed by atoms with E-state index in [-0.39, 0.29) is 31.1 Å². The molecule has 1 aliphatic rings. The maximum Gasteiger partial charge on any atom is 0.495 e. The first-order valence-electron chi connectivity index (χ1n) is 32.5. The number of nitrogens with zero attached hydrogens (tertiary/aromatic N) is 3. The summed E-state index contributed by atoms with van der Waals surface area (Å²) >= 11 is 0. The van der Waals surface area contributed by atoms with E-state index in [1.807, 2.05) is 97.1 Å². The van der Waals surface area contributed by atoms with Gasteiger partial charge in [0, 0.05) is 91.2 Å². The molecule has 8 nitrogen and oxygen atoms in total. The van der Waals surface area contributed by atoms with Gasteiger partial charge in [-0.15, -0.1) is 0 Å². The smallest absolute Gasteiger partial charge is 0.456 e. The molecule has 0 spiro atoms. The van der Waals surface area contributed by atoms with E-state index < -0.39 is 18.3 Å². The Morgan fingerprint density at radius 1 is 0.258 bits per heavy atom.